The Morgan fingerprint density at radius 2 is 2.10 bits per heavy atom. The van der Waals surface area contributed by atoms with Crippen LogP contribution in [0.1, 0.15) is 30.1 Å². The predicted molar refractivity (Wildman–Crippen MR) is 81.2 cm³/mol. The van der Waals surface area contributed by atoms with Crippen molar-refractivity contribution in [2.24, 2.45) is 0 Å². The Balaban J connectivity index is 2.19. The number of carbonyl (C=O) groups excluding carboxylic acids is 1. The van der Waals surface area contributed by atoms with Gasteiger partial charge in [-0.05, 0) is 24.6 Å². The first-order chi connectivity index (χ1) is 10.3. The smallest absolute Gasteiger partial charge is 0.341 e. The Bertz CT molecular complexity index is 469. The van der Waals surface area contributed by atoms with E-state index in [1.807, 2.05) is 18.2 Å². The van der Waals surface area contributed by atoms with E-state index in [1.54, 1.807) is 0 Å². The van der Waals surface area contributed by atoms with Gasteiger partial charge in [-0.15, -0.1) is 0 Å². The van der Waals surface area contributed by atoms with E-state index in [-0.39, 0.29) is 5.97 Å². The second-order valence-corrected chi connectivity index (χ2v) is 4.97. The monoisotopic (exact) mass is 293 g/mol. The highest BCUT2D eigenvalue weighted by atomic mass is 16.5. The minimum atomic E-state index is -0.364. The third-order valence-corrected chi connectivity index (χ3v) is 3.50. The van der Waals surface area contributed by atoms with Crippen molar-refractivity contribution in [2.45, 2.75) is 19.8 Å². The number of esters is 1. The minimum absolute atomic E-state index is 0.364. The quantitative estimate of drug-likeness (QED) is 0.596. The van der Waals surface area contributed by atoms with E-state index in [2.05, 4.69) is 11.8 Å². The first-order valence-electron chi connectivity index (χ1n) is 7.44. The molecule has 0 aromatic heterocycles. The second-order valence-electron chi connectivity index (χ2n) is 4.97. The summed E-state index contributed by atoms with van der Waals surface area (Å²) in [6, 6.07) is 5.68. The molecule has 0 saturated carbocycles. The number of benzene rings is 1. The number of hydrogen-bond acceptors (Lipinski definition) is 5. The van der Waals surface area contributed by atoms with Crippen LogP contribution in [0.3, 0.4) is 0 Å². The normalized spacial score (nSPS) is 14.9. The number of unbranched alkanes of at least 4 members (excludes halogenated alkanes) is 1. The maximum atomic E-state index is 12.0. The van der Waals surface area contributed by atoms with Crippen molar-refractivity contribution in [2.75, 3.05) is 44.9 Å². The van der Waals surface area contributed by atoms with Crippen molar-refractivity contribution in [3.63, 3.8) is 0 Å². The van der Waals surface area contributed by atoms with Gasteiger partial charge in [0.05, 0.1) is 26.9 Å². The number of hydrogen-bond donors (Lipinski definition) is 0. The zero-order valence-corrected chi connectivity index (χ0v) is 12.8. The zero-order valence-electron chi connectivity index (χ0n) is 12.8. The summed E-state index contributed by atoms with van der Waals surface area (Å²) in [5, 5.41) is 0. The molecule has 0 atom stereocenters. The van der Waals surface area contributed by atoms with Gasteiger partial charge >= 0.3 is 5.97 Å². The highest BCUT2D eigenvalue weighted by Crippen LogP contribution is 2.26. The van der Waals surface area contributed by atoms with Crippen LogP contribution in [0.4, 0.5) is 5.69 Å². The van der Waals surface area contributed by atoms with Crippen LogP contribution in [0.2, 0.25) is 0 Å². The molecule has 0 radical (unpaired) electrons. The number of anilines is 1. The number of morpholine rings is 1. The average Bonchev–Trinajstić information content (AvgIpc) is 2.55. The number of methoxy groups -OCH3 is 1. The SMILES string of the molecule is CCCCOc1ccc(N2CCOCC2)cc1C(=O)OC. The van der Waals surface area contributed by atoms with Crippen molar-refractivity contribution >= 4 is 11.7 Å². The first kappa shape index (κ1) is 15.6. The molecule has 1 aliphatic rings. The van der Waals surface area contributed by atoms with Crippen LogP contribution in [0.5, 0.6) is 5.75 Å². The summed E-state index contributed by atoms with van der Waals surface area (Å²) in [5.41, 5.74) is 1.49. The number of ether oxygens (including phenoxy) is 3. The van der Waals surface area contributed by atoms with Gasteiger partial charge in [0.1, 0.15) is 11.3 Å². The van der Waals surface area contributed by atoms with Crippen molar-refractivity contribution in [3.8, 4) is 5.75 Å². The highest BCUT2D eigenvalue weighted by molar-refractivity contribution is 5.93. The van der Waals surface area contributed by atoms with Gasteiger partial charge in [-0.1, -0.05) is 13.3 Å². The molecule has 116 valence electrons. The molecule has 0 bridgehead atoms. The number of carbonyl (C=O) groups is 1. The predicted octanol–water partition coefficient (Wildman–Crippen LogP) is 2.49. The van der Waals surface area contributed by atoms with E-state index >= 15 is 0 Å². The summed E-state index contributed by atoms with van der Waals surface area (Å²) in [4.78, 5) is 14.2. The lowest BCUT2D eigenvalue weighted by molar-refractivity contribution is 0.0596. The summed E-state index contributed by atoms with van der Waals surface area (Å²) in [5.74, 6) is 0.226. The van der Waals surface area contributed by atoms with Crippen molar-refractivity contribution in [1.29, 1.82) is 0 Å². The lowest BCUT2D eigenvalue weighted by atomic mass is 10.1. The van der Waals surface area contributed by atoms with Gasteiger partial charge in [-0.25, -0.2) is 4.79 Å². The molecule has 1 heterocycles. The molecule has 2 rings (SSSR count). The van der Waals surface area contributed by atoms with Gasteiger partial charge in [0.2, 0.25) is 0 Å². The van der Waals surface area contributed by atoms with Crippen molar-refractivity contribution in [3.05, 3.63) is 23.8 Å². The van der Waals surface area contributed by atoms with E-state index in [4.69, 9.17) is 14.2 Å². The van der Waals surface area contributed by atoms with Crippen LogP contribution in [-0.4, -0.2) is 46.0 Å². The van der Waals surface area contributed by atoms with Gasteiger partial charge in [-0.2, -0.15) is 0 Å². The van der Waals surface area contributed by atoms with Crippen LogP contribution in [0, 0.1) is 0 Å². The molecule has 21 heavy (non-hydrogen) atoms. The van der Waals surface area contributed by atoms with E-state index < -0.39 is 0 Å². The molecular formula is C16H23NO4. The highest BCUT2D eigenvalue weighted by Gasteiger charge is 2.18. The van der Waals surface area contributed by atoms with E-state index in [9.17, 15) is 4.79 Å². The molecule has 5 nitrogen and oxygen atoms in total. The molecular weight excluding hydrogens is 270 g/mol. The standard InChI is InChI=1S/C16H23NO4/c1-3-4-9-21-15-6-5-13(12-14(15)16(18)19-2)17-7-10-20-11-8-17/h5-6,12H,3-4,7-11H2,1-2H3. The van der Waals surface area contributed by atoms with Crippen LogP contribution in [0.25, 0.3) is 0 Å². The third-order valence-electron chi connectivity index (χ3n) is 3.50. The Labute approximate surface area is 125 Å². The largest absolute Gasteiger partial charge is 0.493 e. The second kappa shape index (κ2) is 7.88. The molecule has 1 aromatic carbocycles. The maximum Gasteiger partial charge on any atom is 0.341 e. The molecule has 1 saturated heterocycles. The van der Waals surface area contributed by atoms with Gasteiger partial charge in [0.25, 0.3) is 0 Å². The number of rotatable bonds is 6. The van der Waals surface area contributed by atoms with E-state index in [1.165, 1.54) is 7.11 Å². The van der Waals surface area contributed by atoms with Gasteiger partial charge in [0, 0.05) is 18.8 Å². The molecule has 0 amide bonds. The van der Waals surface area contributed by atoms with Crippen molar-refractivity contribution < 1.29 is 19.0 Å². The summed E-state index contributed by atoms with van der Waals surface area (Å²) in [7, 11) is 1.39. The molecule has 0 unspecified atom stereocenters. The summed E-state index contributed by atoms with van der Waals surface area (Å²) in [6.07, 6.45) is 2.02. The molecule has 1 fully saturated rings. The summed E-state index contributed by atoms with van der Waals surface area (Å²) >= 11 is 0. The number of nitrogens with zero attached hydrogens (tertiary/aromatic N) is 1. The van der Waals surface area contributed by atoms with Crippen LogP contribution < -0.4 is 9.64 Å². The Morgan fingerprint density at radius 1 is 1.33 bits per heavy atom. The van der Waals surface area contributed by atoms with E-state index in [0.717, 1.165) is 31.6 Å². The molecule has 0 aliphatic carbocycles. The van der Waals surface area contributed by atoms with Gasteiger partial charge < -0.3 is 19.1 Å². The third kappa shape index (κ3) is 4.11. The van der Waals surface area contributed by atoms with Gasteiger partial charge in [0.15, 0.2) is 0 Å². The van der Waals surface area contributed by atoms with Gasteiger partial charge in [-0.3, -0.25) is 0 Å². The average molecular weight is 293 g/mol. The zero-order chi connectivity index (χ0) is 15.1. The fourth-order valence-corrected chi connectivity index (χ4v) is 2.26. The molecule has 1 aromatic rings. The van der Waals surface area contributed by atoms with Crippen LogP contribution in [0.15, 0.2) is 18.2 Å². The Hall–Kier alpha value is -1.75. The lowest BCUT2D eigenvalue weighted by Crippen LogP contribution is -2.36. The van der Waals surface area contributed by atoms with E-state index in [0.29, 0.717) is 31.1 Å². The molecule has 0 spiro atoms. The lowest BCUT2D eigenvalue weighted by Gasteiger charge is -2.29. The minimum Gasteiger partial charge on any atom is -0.493 e. The molecule has 0 N–H and O–H groups in total. The topological polar surface area (TPSA) is 48.0 Å². The Kier molecular flexibility index (Phi) is 5.87. The fraction of sp³-hybridized carbons (Fsp3) is 0.562. The fourth-order valence-electron chi connectivity index (χ4n) is 2.26. The van der Waals surface area contributed by atoms with Crippen LogP contribution in [-0.2, 0) is 9.47 Å². The molecule has 1 aliphatic heterocycles. The Morgan fingerprint density at radius 3 is 2.76 bits per heavy atom. The first-order valence-corrected chi connectivity index (χ1v) is 7.44. The van der Waals surface area contributed by atoms with Crippen LogP contribution >= 0.6 is 0 Å². The molecule has 5 heteroatoms. The summed E-state index contributed by atoms with van der Waals surface area (Å²) < 4.78 is 15.9. The maximum absolute atomic E-state index is 12.0. The van der Waals surface area contributed by atoms with Crippen molar-refractivity contribution in [1.82, 2.24) is 0 Å². The summed E-state index contributed by atoms with van der Waals surface area (Å²) in [6.45, 7) is 5.79.